The number of hydrogen-bond donors (Lipinski definition) is 0. The Hall–Kier alpha value is -0.523. The molecule has 1 unspecified atom stereocenters. The van der Waals surface area contributed by atoms with Crippen molar-refractivity contribution < 1.29 is 22.4 Å². The van der Waals surface area contributed by atoms with Gasteiger partial charge in [-0.15, -0.1) is 0 Å². The molecule has 1 aromatic carbocycles. The van der Waals surface area contributed by atoms with Gasteiger partial charge in [-0.2, -0.15) is 0 Å². The largest absolute Gasteiger partial charge is 0.400 e. The second-order valence-corrected chi connectivity index (χ2v) is 12.0. The van der Waals surface area contributed by atoms with E-state index >= 15 is 0 Å². The number of halogens is 1. The van der Waals surface area contributed by atoms with Crippen LogP contribution in [0.5, 0.6) is 0 Å². The SMILES string of the molecule is CCOP(=O)(OCC)C(O[Si](C)(C)C)c1ccc(F)cc1. The van der Waals surface area contributed by atoms with Crippen LogP contribution in [0.3, 0.4) is 0 Å². The van der Waals surface area contributed by atoms with E-state index in [0.29, 0.717) is 5.56 Å². The van der Waals surface area contributed by atoms with Gasteiger partial charge in [0, 0.05) is 0 Å². The lowest BCUT2D eigenvalue weighted by molar-refractivity contribution is 0.158. The van der Waals surface area contributed by atoms with Crippen molar-refractivity contribution in [2.75, 3.05) is 13.2 Å². The summed E-state index contributed by atoms with van der Waals surface area (Å²) < 4.78 is 43.0. The van der Waals surface area contributed by atoms with Gasteiger partial charge in [-0.05, 0) is 51.2 Å². The van der Waals surface area contributed by atoms with Gasteiger partial charge in [0.1, 0.15) is 5.82 Å². The van der Waals surface area contributed by atoms with Crippen LogP contribution in [0, 0.1) is 5.82 Å². The van der Waals surface area contributed by atoms with Crippen LogP contribution in [0.25, 0.3) is 0 Å². The van der Waals surface area contributed by atoms with E-state index in [9.17, 15) is 8.96 Å². The first-order valence-corrected chi connectivity index (χ1v) is 12.1. The van der Waals surface area contributed by atoms with Crippen molar-refractivity contribution in [2.45, 2.75) is 39.3 Å². The lowest BCUT2D eigenvalue weighted by Crippen LogP contribution is -2.28. The summed E-state index contributed by atoms with van der Waals surface area (Å²) in [4.78, 5) is 0. The molecule has 4 nitrogen and oxygen atoms in total. The molecule has 0 aliphatic heterocycles. The van der Waals surface area contributed by atoms with E-state index in [0.717, 1.165) is 0 Å². The van der Waals surface area contributed by atoms with Gasteiger partial charge in [0.25, 0.3) is 0 Å². The van der Waals surface area contributed by atoms with Crippen LogP contribution >= 0.6 is 7.60 Å². The molecule has 0 N–H and O–H groups in total. The molecule has 0 amide bonds. The lowest BCUT2D eigenvalue weighted by atomic mass is 10.2. The second kappa shape index (κ2) is 7.65. The molecule has 0 aromatic heterocycles. The summed E-state index contributed by atoms with van der Waals surface area (Å²) in [5.41, 5.74) is 0.601. The summed E-state index contributed by atoms with van der Waals surface area (Å²) in [5.74, 6) is -1.18. The molecule has 120 valence electrons. The van der Waals surface area contributed by atoms with E-state index in [1.807, 2.05) is 19.6 Å². The fraction of sp³-hybridized carbons (Fsp3) is 0.571. The van der Waals surface area contributed by atoms with E-state index in [4.69, 9.17) is 13.5 Å². The molecule has 7 heteroatoms. The maximum Gasteiger partial charge on any atom is 0.362 e. The Kier molecular flexibility index (Phi) is 6.75. The maximum absolute atomic E-state index is 13.1. The van der Waals surface area contributed by atoms with Gasteiger partial charge >= 0.3 is 7.60 Å². The van der Waals surface area contributed by atoms with Crippen molar-refractivity contribution in [1.29, 1.82) is 0 Å². The van der Waals surface area contributed by atoms with Crippen molar-refractivity contribution in [3.05, 3.63) is 35.6 Å². The van der Waals surface area contributed by atoms with Gasteiger partial charge < -0.3 is 13.5 Å². The zero-order valence-electron chi connectivity index (χ0n) is 13.3. The van der Waals surface area contributed by atoms with Gasteiger partial charge in [0.05, 0.1) is 13.2 Å². The Bertz CT molecular complexity index is 477. The highest BCUT2D eigenvalue weighted by Gasteiger charge is 2.40. The Morgan fingerprint density at radius 2 is 1.57 bits per heavy atom. The Morgan fingerprint density at radius 1 is 1.10 bits per heavy atom. The molecule has 1 aromatic rings. The fourth-order valence-corrected chi connectivity index (χ4v) is 5.68. The summed E-state index contributed by atoms with van der Waals surface area (Å²) in [6.07, 6.45) is 0. The minimum absolute atomic E-state index is 0.254. The molecule has 0 radical (unpaired) electrons. The topological polar surface area (TPSA) is 44.8 Å². The van der Waals surface area contributed by atoms with Gasteiger partial charge in [0.2, 0.25) is 0 Å². The molecule has 1 atom stereocenters. The second-order valence-electron chi connectivity index (χ2n) is 5.51. The predicted molar refractivity (Wildman–Crippen MR) is 84.4 cm³/mol. The smallest absolute Gasteiger partial charge is 0.362 e. The molecule has 0 bridgehead atoms. The predicted octanol–water partition coefficient (Wildman–Crippen LogP) is 4.94. The third-order valence-corrected chi connectivity index (χ3v) is 5.88. The first-order chi connectivity index (χ1) is 9.72. The van der Waals surface area contributed by atoms with Crippen molar-refractivity contribution >= 4 is 15.9 Å². The van der Waals surface area contributed by atoms with E-state index in [1.54, 1.807) is 26.0 Å². The van der Waals surface area contributed by atoms with Crippen LogP contribution in [0.2, 0.25) is 19.6 Å². The van der Waals surface area contributed by atoms with E-state index in [-0.39, 0.29) is 19.0 Å². The van der Waals surface area contributed by atoms with E-state index < -0.39 is 21.8 Å². The lowest BCUT2D eigenvalue weighted by Gasteiger charge is -2.31. The number of rotatable bonds is 8. The standard InChI is InChI=1S/C14H24FO4PSi/c1-6-17-20(16,18-7-2)14(19-21(3,4)5)12-8-10-13(15)11-9-12/h8-11,14H,6-7H2,1-5H3. The highest BCUT2D eigenvalue weighted by atomic mass is 31.2. The molecule has 0 fully saturated rings. The average Bonchev–Trinajstić information content (AvgIpc) is 2.37. The Balaban J connectivity index is 3.22. The summed E-state index contributed by atoms with van der Waals surface area (Å²) in [7, 11) is -5.48. The Labute approximate surface area is 127 Å². The molecular weight excluding hydrogens is 310 g/mol. The molecule has 0 saturated carbocycles. The van der Waals surface area contributed by atoms with Gasteiger partial charge in [0.15, 0.2) is 14.2 Å². The summed E-state index contributed by atoms with van der Waals surface area (Å²) >= 11 is 0. The van der Waals surface area contributed by atoms with Crippen molar-refractivity contribution in [3.8, 4) is 0 Å². The molecular formula is C14H24FO4PSi. The molecule has 21 heavy (non-hydrogen) atoms. The monoisotopic (exact) mass is 334 g/mol. The van der Waals surface area contributed by atoms with E-state index in [2.05, 4.69) is 0 Å². The quantitative estimate of drug-likeness (QED) is 0.499. The van der Waals surface area contributed by atoms with Gasteiger partial charge in [-0.25, -0.2) is 4.39 Å². The molecule has 0 aliphatic carbocycles. The van der Waals surface area contributed by atoms with Crippen LogP contribution in [-0.4, -0.2) is 21.5 Å². The summed E-state index contributed by atoms with van der Waals surface area (Å²) in [5, 5.41) is 0. The van der Waals surface area contributed by atoms with Crippen molar-refractivity contribution in [3.63, 3.8) is 0 Å². The van der Waals surface area contributed by atoms with Gasteiger partial charge in [-0.1, -0.05) is 12.1 Å². The first-order valence-electron chi connectivity index (χ1n) is 7.04. The summed E-state index contributed by atoms with van der Waals surface area (Å²) in [6, 6.07) is 5.76. The Morgan fingerprint density at radius 3 is 1.95 bits per heavy atom. The third kappa shape index (κ3) is 5.64. The van der Waals surface area contributed by atoms with Crippen LogP contribution in [0.4, 0.5) is 4.39 Å². The maximum atomic E-state index is 13.1. The van der Waals surface area contributed by atoms with Crippen LogP contribution in [0.1, 0.15) is 25.3 Å². The zero-order chi connectivity index (χ0) is 16.1. The third-order valence-electron chi connectivity index (χ3n) is 2.53. The molecule has 0 aliphatic rings. The average molecular weight is 334 g/mol. The highest BCUT2D eigenvalue weighted by Crippen LogP contribution is 2.62. The number of hydrogen-bond acceptors (Lipinski definition) is 4. The fourth-order valence-electron chi connectivity index (χ4n) is 1.81. The highest BCUT2D eigenvalue weighted by molar-refractivity contribution is 7.54. The first kappa shape index (κ1) is 18.5. The van der Waals surface area contributed by atoms with Crippen molar-refractivity contribution in [2.24, 2.45) is 0 Å². The molecule has 0 heterocycles. The van der Waals surface area contributed by atoms with Crippen LogP contribution in [-0.2, 0) is 18.0 Å². The van der Waals surface area contributed by atoms with Crippen molar-refractivity contribution in [1.82, 2.24) is 0 Å². The normalized spacial score (nSPS) is 14.2. The molecule has 1 rings (SSSR count). The number of benzene rings is 1. The molecule has 0 spiro atoms. The van der Waals surface area contributed by atoms with Crippen LogP contribution in [0.15, 0.2) is 24.3 Å². The van der Waals surface area contributed by atoms with E-state index in [1.165, 1.54) is 12.1 Å². The summed E-state index contributed by atoms with van der Waals surface area (Å²) in [6.45, 7) is 9.99. The van der Waals surface area contributed by atoms with Crippen LogP contribution < -0.4 is 0 Å². The zero-order valence-corrected chi connectivity index (χ0v) is 15.2. The minimum atomic E-state index is -3.47. The minimum Gasteiger partial charge on any atom is -0.400 e. The molecule has 0 saturated heterocycles. The van der Waals surface area contributed by atoms with Gasteiger partial charge in [-0.3, -0.25) is 4.57 Å².